The molecule has 8 heteroatoms. The normalized spacial score (nSPS) is 18.2. The van der Waals surface area contributed by atoms with E-state index in [0.29, 0.717) is 24.3 Å². The minimum absolute atomic E-state index is 0.0665. The molecule has 1 aliphatic heterocycles. The smallest absolute Gasteiger partial charge is 0.341 e. The van der Waals surface area contributed by atoms with Gasteiger partial charge in [-0.05, 0) is 41.8 Å². The van der Waals surface area contributed by atoms with E-state index in [9.17, 15) is 19.1 Å². The molecule has 0 aliphatic carbocycles. The van der Waals surface area contributed by atoms with Crippen LogP contribution in [0.4, 0.5) is 14.5 Å². The van der Waals surface area contributed by atoms with Crippen molar-refractivity contribution in [1.82, 2.24) is 4.57 Å². The van der Waals surface area contributed by atoms with Gasteiger partial charge in [0, 0.05) is 36.4 Å². The second-order valence-corrected chi connectivity index (χ2v) is 8.32. The van der Waals surface area contributed by atoms with Crippen molar-refractivity contribution in [2.45, 2.75) is 19.9 Å². The highest BCUT2D eigenvalue weighted by Crippen LogP contribution is 2.35. The summed E-state index contributed by atoms with van der Waals surface area (Å²) in [5, 5.41) is 9.37. The van der Waals surface area contributed by atoms with Gasteiger partial charge in [0.15, 0.2) is 0 Å². The maximum absolute atomic E-state index is 15.0. The van der Waals surface area contributed by atoms with Crippen LogP contribution in [-0.2, 0) is 0 Å². The fraction of sp³-hybridized carbons (Fsp3) is 0.273. The number of aromatic nitrogens is 1. The van der Waals surface area contributed by atoms with E-state index in [1.807, 2.05) is 18.7 Å². The number of rotatable bonds is 3. The summed E-state index contributed by atoms with van der Waals surface area (Å²) in [5.74, 6) is -2.50. The van der Waals surface area contributed by atoms with Gasteiger partial charge in [-0.3, -0.25) is 4.79 Å². The van der Waals surface area contributed by atoms with Gasteiger partial charge in [-0.25, -0.2) is 13.6 Å². The molecular formula is C22H21F2N3O3. The quantitative estimate of drug-likeness (QED) is 0.689. The van der Waals surface area contributed by atoms with E-state index in [2.05, 4.69) is 0 Å². The lowest BCUT2D eigenvalue weighted by Crippen LogP contribution is -2.35. The molecule has 1 aliphatic rings. The summed E-state index contributed by atoms with van der Waals surface area (Å²) in [4.78, 5) is 26.1. The van der Waals surface area contributed by atoms with Crippen LogP contribution in [-0.4, -0.2) is 34.8 Å². The third-order valence-corrected chi connectivity index (χ3v) is 5.77. The summed E-state index contributed by atoms with van der Waals surface area (Å²) < 4.78 is 29.9. The van der Waals surface area contributed by atoms with Crippen molar-refractivity contribution in [3.05, 3.63) is 70.0 Å². The predicted molar refractivity (Wildman–Crippen MR) is 110 cm³/mol. The Labute approximate surface area is 171 Å². The number of nitrogens with two attached hydrogens (primary N) is 1. The first-order valence-electron chi connectivity index (χ1n) is 9.47. The summed E-state index contributed by atoms with van der Waals surface area (Å²) in [5.41, 5.74) is 5.75. The Balaban J connectivity index is 1.99. The number of halogens is 2. The number of benzene rings is 2. The molecular weight excluding hydrogens is 392 g/mol. The zero-order valence-corrected chi connectivity index (χ0v) is 16.5. The molecule has 1 fully saturated rings. The van der Waals surface area contributed by atoms with Crippen molar-refractivity contribution in [3.63, 3.8) is 0 Å². The largest absolute Gasteiger partial charge is 0.477 e. The lowest BCUT2D eigenvalue weighted by atomic mass is 9.89. The number of hydrogen-bond donors (Lipinski definition) is 2. The first-order valence-corrected chi connectivity index (χ1v) is 9.47. The minimum atomic E-state index is -1.42. The van der Waals surface area contributed by atoms with E-state index in [1.165, 1.54) is 41.1 Å². The molecule has 1 aromatic heterocycles. The predicted octanol–water partition coefficient (Wildman–Crippen LogP) is 3.14. The van der Waals surface area contributed by atoms with E-state index in [4.69, 9.17) is 5.73 Å². The summed E-state index contributed by atoms with van der Waals surface area (Å²) in [6.07, 6.45) is 1.18. The van der Waals surface area contributed by atoms with Gasteiger partial charge < -0.3 is 20.3 Å². The molecule has 0 spiro atoms. The lowest BCUT2D eigenvalue weighted by molar-refractivity contribution is 0.0695. The molecule has 3 aromatic rings. The second kappa shape index (κ2) is 6.91. The van der Waals surface area contributed by atoms with E-state index >= 15 is 4.39 Å². The number of carboxylic acids is 1. The van der Waals surface area contributed by atoms with E-state index in [-0.39, 0.29) is 22.5 Å². The molecule has 30 heavy (non-hydrogen) atoms. The molecule has 0 bridgehead atoms. The Morgan fingerprint density at radius 2 is 1.87 bits per heavy atom. The Morgan fingerprint density at radius 1 is 1.20 bits per heavy atom. The Kier molecular flexibility index (Phi) is 4.62. The van der Waals surface area contributed by atoms with Gasteiger partial charge in [-0.15, -0.1) is 0 Å². The average molecular weight is 413 g/mol. The van der Waals surface area contributed by atoms with Gasteiger partial charge in [0.25, 0.3) is 0 Å². The maximum atomic E-state index is 15.0. The highest BCUT2D eigenvalue weighted by Gasteiger charge is 2.38. The first kappa shape index (κ1) is 20.0. The van der Waals surface area contributed by atoms with Crippen LogP contribution in [0.3, 0.4) is 0 Å². The molecule has 1 unspecified atom stereocenters. The third kappa shape index (κ3) is 3.23. The van der Waals surface area contributed by atoms with E-state index in [0.717, 1.165) is 6.07 Å². The number of carbonyl (C=O) groups is 1. The summed E-state index contributed by atoms with van der Waals surface area (Å²) >= 11 is 0. The number of fused-ring (bicyclic) bond motifs is 1. The van der Waals surface area contributed by atoms with Crippen molar-refractivity contribution in [1.29, 1.82) is 0 Å². The van der Waals surface area contributed by atoms with Gasteiger partial charge in [-0.1, -0.05) is 13.8 Å². The number of aromatic carboxylic acids is 1. The van der Waals surface area contributed by atoms with Crippen LogP contribution in [0.25, 0.3) is 16.6 Å². The van der Waals surface area contributed by atoms with Gasteiger partial charge in [0.2, 0.25) is 5.43 Å². The maximum Gasteiger partial charge on any atom is 0.341 e. The van der Waals surface area contributed by atoms with Gasteiger partial charge in [-0.2, -0.15) is 0 Å². The molecule has 2 heterocycles. The number of nitrogens with zero attached hydrogens (tertiary/aromatic N) is 2. The van der Waals surface area contributed by atoms with Crippen molar-refractivity contribution in [3.8, 4) is 5.69 Å². The zero-order valence-electron chi connectivity index (χ0n) is 16.5. The van der Waals surface area contributed by atoms with Crippen molar-refractivity contribution < 1.29 is 18.7 Å². The molecule has 2 aromatic carbocycles. The SMILES string of the molecule is CC1(C)CN(c2cc3c(cc2F)c(=O)c(C(=O)O)cn3-c2ccc(F)cc2)CC1N. The third-order valence-electron chi connectivity index (χ3n) is 5.77. The molecule has 3 N–H and O–H groups in total. The Bertz CT molecular complexity index is 1220. The number of carboxylic acid groups (broad SMARTS) is 1. The second-order valence-electron chi connectivity index (χ2n) is 8.32. The van der Waals surface area contributed by atoms with Gasteiger partial charge >= 0.3 is 5.97 Å². The van der Waals surface area contributed by atoms with E-state index < -0.39 is 28.6 Å². The lowest BCUT2D eigenvalue weighted by Gasteiger charge is -2.23. The molecule has 6 nitrogen and oxygen atoms in total. The molecule has 0 radical (unpaired) electrons. The highest BCUT2D eigenvalue weighted by atomic mass is 19.1. The first-order chi connectivity index (χ1) is 14.1. The fourth-order valence-corrected chi connectivity index (χ4v) is 3.89. The number of pyridine rings is 1. The van der Waals surface area contributed by atoms with E-state index in [1.54, 1.807) is 0 Å². The van der Waals surface area contributed by atoms with Gasteiger partial charge in [0.1, 0.15) is 17.2 Å². The average Bonchev–Trinajstić information content (AvgIpc) is 2.95. The number of hydrogen-bond acceptors (Lipinski definition) is 4. The van der Waals surface area contributed by atoms with Crippen molar-refractivity contribution in [2.75, 3.05) is 18.0 Å². The molecule has 156 valence electrons. The molecule has 0 saturated carbocycles. The van der Waals surface area contributed by atoms with Gasteiger partial charge in [0.05, 0.1) is 11.2 Å². The molecule has 1 saturated heterocycles. The molecule has 1 atom stereocenters. The standard InChI is InChI=1S/C22H21F2N3O3/c1-22(2)11-26(10-19(22)25)18-8-17-14(7-16(18)24)20(28)15(21(29)30)9-27(17)13-5-3-12(23)4-6-13/h3-9,19H,10-11,25H2,1-2H3,(H,29,30). The zero-order chi connectivity index (χ0) is 21.8. The van der Waals surface area contributed by atoms with Crippen LogP contribution in [0.1, 0.15) is 24.2 Å². The Morgan fingerprint density at radius 3 is 2.43 bits per heavy atom. The summed E-state index contributed by atoms with van der Waals surface area (Å²) in [6.45, 7) is 4.99. The van der Waals surface area contributed by atoms with Crippen LogP contribution in [0.5, 0.6) is 0 Å². The fourth-order valence-electron chi connectivity index (χ4n) is 3.89. The van der Waals surface area contributed by atoms with Crippen LogP contribution >= 0.6 is 0 Å². The van der Waals surface area contributed by atoms with Crippen molar-refractivity contribution >= 4 is 22.6 Å². The Hall–Kier alpha value is -3.26. The van der Waals surface area contributed by atoms with Crippen LogP contribution in [0.15, 0.2) is 47.4 Å². The molecule has 4 rings (SSSR count). The summed E-state index contributed by atoms with van der Waals surface area (Å²) in [6, 6.07) is 7.82. The minimum Gasteiger partial charge on any atom is -0.477 e. The van der Waals surface area contributed by atoms with Crippen molar-refractivity contribution in [2.24, 2.45) is 11.1 Å². The van der Waals surface area contributed by atoms with Crippen LogP contribution < -0.4 is 16.1 Å². The van der Waals surface area contributed by atoms with Crippen LogP contribution in [0, 0.1) is 17.0 Å². The number of anilines is 1. The topological polar surface area (TPSA) is 88.6 Å². The van der Waals surface area contributed by atoms with Crippen LogP contribution in [0.2, 0.25) is 0 Å². The summed E-state index contributed by atoms with van der Waals surface area (Å²) in [7, 11) is 0. The monoisotopic (exact) mass is 413 g/mol. The highest BCUT2D eigenvalue weighted by molar-refractivity contribution is 5.94. The molecule has 0 amide bonds.